The third-order valence-corrected chi connectivity index (χ3v) is 5.75. The van der Waals surface area contributed by atoms with Crippen LogP contribution in [-0.2, 0) is 6.17 Å². The first-order valence-electron chi connectivity index (χ1n) is 8.98. The van der Waals surface area contributed by atoms with E-state index < -0.39 is 20.4 Å². The molecule has 2 unspecified atom stereocenters. The molecule has 0 amide bonds. The van der Waals surface area contributed by atoms with Gasteiger partial charge in [0.15, 0.2) is 6.17 Å². The van der Waals surface area contributed by atoms with Gasteiger partial charge in [0.25, 0.3) is 0 Å². The van der Waals surface area contributed by atoms with Crippen molar-refractivity contribution in [3.63, 3.8) is 0 Å². The number of terminal acetylenes is 1. The molecule has 0 fully saturated rings. The van der Waals surface area contributed by atoms with Crippen molar-refractivity contribution in [1.29, 1.82) is 0 Å². The van der Waals surface area contributed by atoms with Gasteiger partial charge in [-0.2, -0.15) is 0 Å². The van der Waals surface area contributed by atoms with Crippen molar-refractivity contribution in [2.45, 2.75) is 38.2 Å². The van der Waals surface area contributed by atoms with E-state index in [0.29, 0.717) is 20.6 Å². The Hall–Kier alpha value is -1.96. The van der Waals surface area contributed by atoms with Crippen molar-refractivity contribution in [2.24, 2.45) is 0 Å². The molecule has 0 aliphatic rings. The number of alkyl halides is 2. The van der Waals surface area contributed by atoms with Gasteiger partial charge in [-0.25, -0.2) is 18.7 Å². The largest absolute Gasteiger partial charge is 0.255 e. The molecule has 3 aromatic heterocycles. The monoisotopic (exact) mass is 555 g/mol. The quantitative estimate of drug-likeness (QED) is 0.224. The van der Waals surface area contributed by atoms with Gasteiger partial charge in [-0.1, -0.05) is 42.9 Å². The van der Waals surface area contributed by atoms with E-state index in [1.807, 2.05) is 5.92 Å². The Bertz CT molecular complexity index is 1020. The number of aromatic nitrogens is 5. The van der Waals surface area contributed by atoms with Gasteiger partial charge in [-0.15, -0.1) is 11.5 Å². The molecule has 0 bridgehead atoms. The molecule has 0 saturated carbocycles. The van der Waals surface area contributed by atoms with Gasteiger partial charge in [0, 0.05) is 6.17 Å². The van der Waals surface area contributed by atoms with E-state index in [9.17, 15) is 8.78 Å². The lowest BCUT2D eigenvalue weighted by Crippen LogP contribution is -2.28. The van der Waals surface area contributed by atoms with Crippen LogP contribution in [-0.4, -0.2) is 33.0 Å². The second-order valence-electron chi connectivity index (χ2n) is 7.56. The zero-order chi connectivity index (χ0) is 22.3. The van der Waals surface area contributed by atoms with Gasteiger partial charge in [0.05, 0.1) is 25.7 Å². The van der Waals surface area contributed by atoms with Gasteiger partial charge < -0.3 is 0 Å². The van der Waals surface area contributed by atoms with Crippen LogP contribution >= 0.6 is 31.9 Å². The van der Waals surface area contributed by atoms with Crippen LogP contribution in [0.4, 0.5) is 8.78 Å². The third-order valence-electron chi connectivity index (χ3n) is 3.59. The highest BCUT2D eigenvalue weighted by molar-refractivity contribution is 9.10. The average molecular weight is 557 g/mol. The molecule has 0 aromatic carbocycles. The van der Waals surface area contributed by atoms with Crippen LogP contribution in [0.1, 0.15) is 29.4 Å². The van der Waals surface area contributed by atoms with E-state index >= 15 is 0 Å². The maximum atomic E-state index is 14.3. The lowest BCUT2D eigenvalue weighted by molar-refractivity contribution is 0.384. The smallest absolute Gasteiger partial charge is 0.202 e. The van der Waals surface area contributed by atoms with Crippen LogP contribution in [0.2, 0.25) is 19.6 Å². The predicted molar refractivity (Wildman–Crippen MR) is 123 cm³/mol. The predicted octanol–water partition coefficient (Wildman–Crippen LogP) is 5.86. The summed E-state index contributed by atoms with van der Waals surface area (Å²) in [4.78, 5) is 7.95. The van der Waals surface area contributed by atoms with Crippen LogP contribution < -0.4 is 0 Å². The maximum absolute atomic E-state index is 14.3. The van der Waals surface area contributed by atoms with Crippen LogP contribution in [0, 0.1) is 12.3 Å². The van der Waals surface area contributed by atoms with Gasteiger partial charge in [-0.3, -0.25) is 4.68 Å². The van der Waals surface area contributed by atoms with Crippen molar-refractivity contribution in [3.8, 4) is 12.3 Å². The van der Waals surface area contributed by atoms with Gasteiger partial charge in [0.2, 0.25) is 6.17 Å². The summed E-state index contributed by atoms with van der Waals surface area (Å²) in [5.74, 6) is 1.96. The van der Waals surface area contributed by atoms with Crippen molar-refractivity contribution in [2.75, 3.05) is 0 Å². The Balaban J connectivity index is 0.000000248. The lowest BCUT2D eigenvalue weighted by Gasteiger charge is -2.14. The fourth-order valence-corrected chi connectivity index (χ4v) is 4.20. The molecule has 2 atom stereocenters. The summed E-state index contributed by atoms with van der Waals surface area (Å²) in [5, 5.41) is 7.90. The molecule has 0 radical (unpaired) electrons. The van der Waals surface area contributed by atoms with Gasteiger partial charge in [-0.05, 0) is 56.1 Å². The molecule has 0 aliphatic heterocycles. The zero-order valence-corrected chi connectivity index (χ0v) is 20.9. The summed E-state index contributed by atoms with van der Waals surface area (Å²) in [6.45, 7) is 6.70. The van der Waals surface area contributed by atoms with Crippen LogP contribution in [0.3, 0.4) is 0 Å². The van der Waals surface area contributed by atoms with Crippen LogP contribution in [0.15, 0.2) is 51.8 Å². The molecule has 10 heteroatoms. The molecule has 0 aliphatic carbocycles. The fourth-order valence-electron chi connectivity index (χ4n) is 2.36. The summed E-state index contributed by atoms with van der Waals surface area (Å²) in [6.07, 6.45) is 4.63. The molecule has 3 heterocycles. The zero-order valence-electron chi connectivity index (χ0n) is 16.7. The minimum Gasteiger partial charge on any atom is -0.255 e. The van der Waals surface area contributed by atoms with Crippen molar-refractivity contribution < 1.29 is 8.78 Å². The third kappa shape index (κ3) is 7.70. The molecule has 3 aromatic rings. The highest BCUT2D eigenvalue weighted by Crippen LogP contribution is 2.23. The average Bonchev–Trinajstić information content (AvgIpc) is 3.14. The molecular formula is C20H21Br2F2N5Si. The van der Waals surface area contributed by atoms with E-state index in [-0.39, 0.29) is 5.69 Å². The first-order valence-corrected chi connectivity index (χ1v) is 14.3. The fraction of sp³-hybridized carbons (Fsp3) is 0.300. The SMILES string of the molecule is C#CC(F)c1cccc(Br)n1.C[Si](C)(C)Cn1cc(C(F)c2cccc(Br)n2)nn1. The second kappa shape index (κ2) is 10.9. The van der Waals surface area contributed by atoms with Crippen molar-refractivity contribution >= 4 is 39.9 Å². The molecule has 0 saturated heterocycles. The number of hydrogen-bond donors (Lipinski definition) is 0. The molecule has 5 nitrogen and oxygen atoms in total. The number of pyridine rings is 2. The van der Waals surface area contributed by atoms with E-state index in [4.69, 9.17) is 6.42 Å². The van der Waals surface area contributed by atoms with Gasteiger partial charge in [0.1, 0.15) is 14.9 Å². The molecular weight excluding hydrogens is 536 g/mol. The van der Waals surface area contributed by atoms with E-state index in [2.05, 4.69) is 71.8 Å². The van der Waals surface area contributed by atoms with Crippen molar-refractivity contribution in [1.82, 2.24) is 25.0 Å². The Kier molecular flexibility index (Phi) is 8.82. The molecule has 3 rings (SSSR count). The Morgan fingerprint density at radius 1 is 1.00 bits per heavy atom. The first kappa shape index (κ1) is 24.3. The van der Waals surface area contributed by atoms with Gasteiger partial charge >= 0.3 is 0 Å². The first-order chi connectivity index (χ1) is 14.1. The van der Waals surface area contributed by atoms with E-state index in [1.54, 1.807) is 47.3 Å². The minimum absolute atomic E-state index is 0.266. The van der Waals surface area contributed by atoms with E-state index in [0.717, 1.165) is 6.17 Å². The second-order valence-corrected chi connectivity index (χ2v) is 14.6. The molecule has 30 heavy (non-hydrogen) atoms. The Morgan fingerprint density at radius 3 is 2.10 bits per heavy atom. The van der Waals surface area contributed by atoms with Crippen LogP contribution in [0.25, 0.3) is 0 Å². The molecule has 158 valence electrons. The summed E-state index contributed by atoms with van der Waals surface area (Å²) in [7, 11) is -1.29. The summed E-state index contributed by atoms with van der Waals surface area (Å²) in [5.41, 5.74) is 0.917. The number of nitrogens with zero attached hydrogens (tertiary/aromatic N) is 5. The summed E-state index contributed by atoms with van der Waals surface area (Å²) in [6, 6.07) is 10.1. The highest BCUT2D eigenvalue weighted by Gasteiger charge is 2.20. The normalized spacial score (nSPS) is 13.0. The number of halogens is 4. The Labute approximate surface area is 192 Å². The van der Waals surface area contributed by atoms with E-state index in [1.165, 1.54) is 0 Å². The lowest BCUT2D eigenvalue weighted by atomic mass is 10.2. The number of hydrogen-bond acceptors (Lipinski definition) is 4. The van der Waals surface area contributed by atoms with Crippen molar-refractivity contribution in [3.05, 3.63) is 68.9 Å². The molecule has 0 spiro atoms. The topological polar surface area (TPSA) is 56.5 Å². The minimum atomic E-state index is -1.41. The number of rotatable bonds is 5. The maximum Gasteiger partial charge on any atom is 0.202 e. The summed E-state index contributed by atoms with van der Waals surface area (Å²) >= 11 is 6.35. The highest BCUT2D eigenvalue weighted by atomic mass is 79.9. The molecule has 0 N–H and O–H groups in total. The van der Waals surface area contributed by atoms with Crippen LogP contribution in [0.5, 0.6) is 0 Å². The Morgan fingerprint density at radius 2 is 1.57 bits per heavy atom. The standard InChI is InChI=1S/C12H16BrFN4Si.C8H5BrFN/c1-19(2,3)8-18-7-10(16-17-18)12(14)9-5-4-6-11(13)15-9;1-2-6(10)7-4-3-5-8(9)11-7/h4-7,12H,8H2,1-3H3;1,3-6H. The summed E-state index contributed by atoms with van der Waals surface area (Å²) < 4.78 is 30.0.